The molecule has 2 nitrogen and oxygen atoms in total. The number of benzene rings is 10. The third-order valence-electron chi connectivity index (χ3n) is 12.7. The molecule has 0 atom stereocenters. The van der Waals surface area contributed by atoms with Crippen molar-refractivity contribution in [1.82, 2.24) is 0 Å². The van der Waals surface area contributed by atoms with Gasteiger partial charge in [0, 0.05) is 41.7 Å². The molecule has 0 saturated carbocycles. The molecule has 0 aliphatic heterocycles. The van der Waals surface area contributed by atoms with Gasteiger partial charge in [-0.2, -0.15) is 0 Å². The Bertz CT molecular complexity index is 3680. The van der Waals surface area contributed by atoms with Crippen molar-refractivity contribution >= 4 is 75.4 Å². The summed E-state index contributed by atoms with van der Waals surface area (Å²) in [6, 6.07) is 79.0. The summed E-state index contributed by atoms with van der Waals surface area (Å²) in [5.74, 6) is 0. The maximum Gasteiger partial charge on any atom is 0.135 e. The van der Waals surface area contributed by atoms with Gasteiger partial charge >= 0.3 is 0 Å². The molecule has 0 amide bonds. The number of hydrogen-bond acceptors (Lipinski definition) is 3. The summed E-state index contributed by atoms with van der Waals surface area (Å²) >= 11 is 1.86. The highest BCUT2D eigenvalue weighted by Crippen LogP contribution is 2.41. The lowest BCUT2D eigenvalue weighted by atomic mass is 9.94. The fourth-order valence-electron chi connectivity index (χ4n) is 9.46. The molecule has 3 heterocycles. The number of hydrogen-bond donors (Lipinski definition) is 0. The minimum atomic E-state index is 0.914. The van der Waals surface area contributed by atoms with Gasteiger partial charge in [0.2, 0.25) is 0 Å². The van der Waals surface area contributed by atoms with Gasteiger partial charge in [0.15, 0.2) is 0 Å². The second kappa shape index (κ2) is 14.3. The molecule has 0 spiro atoms. The molecular formula is C60H36O2S. The SMILES string of the molecule is c1cc(-c2cccc(-c3ccc4sc5ccc(-c6cccc(-c7cccc(-c8ccc9oc%10ccccc%10c9c8)c7)c6)cc5c4c3)c2)cc(-c2ccc3oc4ccccc4c3c2)c1. The number of thiophene rings is 1. The predicted octanol–water partition coefficient (Wildman–Crippen LogP) is 17.9. The Balaban J connectivity index is 0.813. The van der Waals surface area contributed by atoms with Crippen molar-refractivity contribution < 1.29 is 8.83 Å². The quantitative estimate of drug-likeness (QED) is 0.167. The fourth-order valence-corrected chi connectivity index (χ4v) is 10.5. The zero-order chi connectivity index (χ0) is 41.4. The summed E-state index contributed by atoms with van der Waals surface area (Å²) in [7, 11) is 0. The zero-order valence-electron chi connectivity index (χ0n) is 34.0. The molecule has 0 unspecified atom stereocenters. The van der Waals surface area contributed by atoms with Crippen molar-refractivity contribution in [1.29, 1.82) is 0 Å². The van der Waals surface area contributed by atoms with Crippen LogP contribution in [-0.2, 0) is 0 Å². The van der Waals surface area contributed by atoms with Gasteiger partial charge in [-0.1, -0.05) is 133 Å². The first kappa shape index (κ1) is 35.7. The topological polar surface area (TPSA) is 26.3 Å². The molecule has 13 rings (SSSR count). The van der Waals surface area contributed by atoms with Gasteiger partial charge in [0.25, 0.3) is 0 Å². The van der Waals surface area contributed by atoms with E-state index in [2.05, 4.69) is 194 Å². The van der Waals surface area contributed by atoms with Gasteiger partial charge in [-0.25, -0.2) is 0 Å². The van der Waals surface area contributed by atoms with E-state index in [0.717, 1.165) is 43.9 Å². The largest absolute Gasteiger partial charge is 0.456 e. The second-order valence-electron chi connectivity index (χ2n) is 16.5. The smallest absolute Gasteiger partial charge is 0.135 e. The van der Waals surface area contributed by atoms with Crippen molar-refractivity contribution in [3.8, 4) is 66.8 Å². The highest BCUT2D eigenvalue weighted by atomic mass is 32.1. The van der Waals surface area contributed by atoms with Gasteiger partial charge < -0.3 is 8.83 Å². The van der Waals surface area contributed by atoms with Crippen molar-refractivity contribution in [2.24, 2.45) is 0 Å². The standard InChI is InChI=1S/C60H36O2S/c1-3-19-55-49(17-1)51-33-45(21-25-57(51)61-55)41-13-5-9-37(29-41)39-11-7-15-43(31-39)47-23-27-59-53(35-47)54-36-48(24-28-60(54)63-59)44-16-8-12-40(32-44)38-10-6-14-42(30-38)46-22-26-58-52(34-46)50-18-2-4-20-56(50)62-58/h1-36H. The molecule has 0 bridgehead atoms. The van der Waals surface area contributed by atoms with Gasteiger partial charge in [0.1, 0.15) is 22.3 Å². The molecule has 3 aromatic heterocycles. The molecule has 0 radical (unpaired) electrons. The van der Waals surface area contributed by atoms with Gasteiger partial charge in [-0.15, -0.1) is 11.3 Å². The van der Waals surface area contributed by atoms with Crippen LogP contribution in [0.3, 0.4) is 0 Å². The lowest BCUT2D eigenvalue weighted by molar-refractivity contribution is 0.668. The highest BCUT2D eigenvalue weighted by Gasteiger charge is 2.14. The normalized spacial score (nSPS) is 11.8. The third kappa shape index (κ3) is 6.16. The van der Waals surface area contributed by atoms with E-state index in [-0.39, 0.29) is 0 Å². The average molecular weight is 821 g/mol. The van der Waals surface area contributed by atoms with E-state index in [1.54, 1.807) is 0 Å². The molecule has 10 aromatic carbocycles. The Labute approximate surface area is 367 Å². The van der Waals surface area contributed by atoms with Crippen molar-refractivity contribution in [3.63, 3.8) is 0 Å². The van der Waals surface area contributed by atoms with Gasteiger partial charge in [0.05, 0.1) is 0 Å². The number of furan rings is 2. The number of fused-ring (bicyclic) bond motifs is 9. The van der Waals surface area contributed by atoms with Crippen LogP contribution in [0.5, 0.6) is 0 Å². The molecule has 0 N–H and O–H groups in total. The lowest BCUT2D eigenvalue weighted by Gasteiger charge is -2.10. The minimum absolute atomic E-state index is 0.914. The van der Waals surface area contributed by atoms with E-state index < -0.39 is 0 Å². The summed E-state index contributed by atoms with van der Waals surface area (Å²) < 4.78 is 14.8. The van der Waals surface area contributed by atoms with E-state index in [1.165, 1.54) is 86.9 Å². The Morgan fingerprint density at radius 2 is 0.492 bits per heavy atom. The molecule has 0 aliphatic rings. The first-order chi connectivity index (χ1) is 31.1. The Morgan fingerprint density at radius 3 is 0.857 bits per heavy atom. The van der Waals surface area contributed by atoms with E-state index in [0.29, 0.717) is 0 Å². The van der Waals surface area contributed by atoms with Crippen LogP contribution >= 0.6 is 11.3 Å². The second-order valence-corrected chi connectivity index (χ2v) is 17.5. The van der Waals surface area contributed by atoms with E-state index in [4.69, 9.17) is 8.83 Å². The summed E-state index contributed by atoms with van der Waals surface area (Å²) in [5.41, 5.74) is 18.0. The van der Waals surface area contributed by atoms with Crippen LogP contribution in [-0.4, -0.2) is 0 Å². The molecule has 63 heavy (non-hydrogen) atoms. The summed E-state index contributed by atoms with van der Waals surface area (Å²) in [4.78, 5) is 0. The van der Waals surface area contributed by atoms with Crippen LogP contribution in [0.1, 0.15) is 0 Å². The van der Waals surface area contributed by atoms with Crippen LogP contribution in [0.25, 0.3) is 131 Å². The highest BCUT2D eigenvalue weighted by molar-refractivity contribution is 7.25. The van der Waals surface area contributed by atoms with Crippen LogP contribution in [0.2, 0.25) is 0 Å². The average Bonchev–Trinajstić information content (AvgIpc) is 4.04. The van der Waals surface area contributed by atoms with Crippen LogP contribution in [0, 0.1) is 0 Å². The molecule has 3 heteroatoms. The summed E-state index contributed by atoms with van der Waals surface area (Å²) in [6.07, 6.45) is 0. The van der Waals surface area contributed by atoms with E-state index in [1.807, 2.05) is 35.6 Å². The van der Waals surface area contributed by atoms with E-state index >= 15 is 0 Å². The van der Waals surface area contributed by atoms with Crippen molar-refractivity contribution in [3.05, 3.63) is 218 Å². The molecule has 13 aromatic rings. The first-order valence-electron chi connectivity index (χ1n) is 21.4. The van der Waals surface area contributed by atoms with Crippen molar-refractivity contribution in [2.45, 2.75) is 0 Å². The number of para-hydroxylation sites is 2. The summed E-state index contributed by atoms with van der Waals surface area (Å²) in [5, 5.41) is 7.15. The number of rotatable bonds is 6. The van der Waals surface area contributed by atoms with Gasteiger partial charge in [-0.3, -0.25) is 0 Å². The van der Waals surface area contributed by atoms with Gasteiger partial charge in [-0.05, 0) is 152 Å². The maximum atomic E-state index is 6.11. The zero-order valence-corrected chi connectivity index (χ0v) is 34.8. The van der Waals surface area contributed by atoms with E-state index in [9.17, 15) is 0 Å². The fraction of sp³-hybridized carbons (Fsp3) is 0. The monoisotopic (exact) mass is 820 g/mol. The van der Waals surface area contributed by atoms with Crippen LogP contribution in [0.15, 0.2) is 227 Å². The van der Waals surface area contributed by atoms with Crippen LogP contribution < -0.4 is 0 Å². The molecule has 0 aliphatic carbocycles. The molecular weight excluding hydrogens is 785 g/mol. The third-order valence-corrected chi connectivity index (χ3v) is 13.8. The Hall–Kier alpha value is -7.98. The van der Waals surface area contributed by atoms with Crippen LogP contribution in [0.4, 0.5) is 0 Å². The summed E-state index contributed by atoms with van der Waals surface area (Å²) in [6.45, 7) is 0. The Morgan fingerprint density at radius 1 is 0.206 bits per heavy atom. The first-order valence-corrected chi connectivity index (χ1v) is 22.2. The molecule has 0 fully saturated rings. The predicted molar refractivity (Wildman–Crippen MR) is 267 cm³/mol. The van der Waals surface area contributed by atoms with Crippen molar-refractivity contribution in [2.75, 3.05) is 0 Å². The lowest BCUT2D eigenvalue weighted by Crippen LogP contribution is -1.84. The maximum absolute atomic E-state index is 6.11. The molecule has 0 saturated heterocycles. The molecule has 294 valence electrons. The Kier molecular flexibility index (Phi) is 8.12. The minimum Gasteiger partial charge on any atom is -0.456 e.